The molecule has 1 atom stereocenters. The summed E-state index contributed by atoms with van der Waals surface area (Å²) in [5.41, 5.74) is 0. The maximum atomic E-state index is 11.6. The van der Waals surface area contributed by atoms with Gasteiger partial charge in [-0.2, -0.15) is 0 Å². The van der Waals surface area contributed by atoms with Crippen LogP contribution in [-0.2, 0) is 22.3 Å². The van der Waals surface area contributed by atoms with Crippen molar-refractivity contribution in [1.82, 2.24) is 0 Å². The number of phosphoric acid groups is 1. The lowest BCUT2D eigenvalue weighted by atomic mass is 10.3. The minimum Gasteiger partial charge on any atom is -0.308 e. The Bertz CT molecular complexity index is 250. The fourth-order valence-electron chi connectivity index (χ4n) is 1.11. The highest BCUT2D eigenvalue weighted by molar-refractivity contribution is 8.20. The molecule has 0 saturated carbocycles. The predicted molar refractivity (Wildman–Crippen MR) is 54.8 cm³/mol. The van der Waals surface area contributed by atoms with E-state index in [-0.39, 0.29) is 12.4 Å². The number of phosphoric ester groups is 1. The Morgan fingerprint density at radius 2 is 2.00 bits per heavy atom. The molecule has 1 aliphatic heterocycles. The molecule has 0 amide bonds. The van der Waals surface area contributed by atoms with Crippen LogP contribution >= 0.6 is 18.7 Å². The molecule has 92 valence electrons. The molecule has 0 aromatic rings. The van der Waals surface area contributed by atoms with Crippen molar-refractivity contribution in [2.24, 2.45) is 0 Å². The van der Waals surface area contributed by atoms with E-state index in [0.29, 0.717) is 6.42 Å². The van der Waals surface area contributed by atoms with Gasteiger partial charge in [0.2, 0.25) is 0 Å². The molecule has 1 aliphatic rings. The van der Waals surface area contributed by atoms with E-state index in [2.05, 4.69) is 9.05 Å². The van der Waals surface area contributed by atoms with Gasteiger partial charge in [-0.05, 0) is 6.42 Å². The third-order valence-corrected chi connectivity index (χ3v) is 4.64. The first-order valence-electron chi connectivity index (χ1n) is 4.21. The van der Waals surface area contributed by atoms with Gasteiger partial charge < -0.3 is 9.11 Å². The van der Waals surface area contributed by atoms with E-state index in [4.69, 9.17) is 8.71 Å². The van der Waals surface area contributed by atoms with E-state index in [9.17, 15) is 13.7 Å². The number of hydrogen-bond donors (Lipinski definition) is 2. The lowest BCUT2D eigenvalue weighted by Gasteiger charge is -2.35. The van der Waals surface area contributed by atoms with Crippen molar-refractivity contribution < 1.29 is 31.4 Å². The highest BCUT2D eigenvalue weighted by Gasteiger charge is 2.35. The minimum absolute atomic E-state index is 0.121. The van der Waals surface area contributed by atoms with Crippen LogP contribution in [0.3, 0.4) is 0 Å². The molecule has 0 aromatic carbocycles. The molecule has 0 aromatic heterocycles. The van der Waals surface area contributed by atoms with Gasteiger partial charge in [0.1, 0.15) is 0 Å². The zero-order chi connectivity index (χ0) is 11.5. The molecule has 2 N–H and O–H groups in total. The van der Waals surface area contributed by atoms with Crippen molar-refractivity contribution in [3.63, 3.8) is 0 Å². The van der Waals surface area contributed by atoms with E-state index in [1.54, 1.807) is 0 Å². The van der Waals surface area contributed by atoms with Crippen LogP contribution in [0.5, 0.6) is 0 Å². The third-order valence-electron chi connectivity index (χ3n) is 1.84. The van der Waals surface area contributed by atoms with Gasteiger partial charge in [-0.3, -0.25) is 17.8 Å². The molecular formula is C6H15O7PS. The maximum absolute atomic E-state index is 11.6. The van der Waals surface area contributed by atoms with Crippen molar-refractivity contribution >= 4 is 18.7 Å². The second kappa shape index (κ2) is 5.11. The second-order valence-electron chi connectivity index (χ2n) is 2.92. The Kier molecular flexibility index (Phi) is 4.57. The maximum Gasteiger partial charge on any atom is 0.474 e. The first-order valence-corrected chi connectivity index (χ1v) is 7.31. The van der Waals surface area contributed by atoms with Crippen LogP contribution in [0, 0.1) is 0 Å². The van der Waals surface area contributed by atoms with Gasteiger partial charge in [0, 0.05) is 14.2 Å². The van der Waals surface area contributed by atoms with Gasteiger partial charge >= 0.3 is 7.82 Å². The van der Waals surface area contributed by atoms with Crippen molar-refractivity contribution in [1.29, 1.82) is 0 Å². The topological polar surface area (TPSA) is 94.5 Å². The summed E-state index contributed by atoms with van der Waals surface area (Å²) in [5.74, 6) is -0.121. The monoisotopic (exact) mass is 262 g/mol. The van der Waals surface area contributed by atoms with Crippen LogP contribution < -0.4 is 0 Å². The molecule has 1 fully saturated rings. The molecule has 0 aliphatic carbocycles. The zero-order valence-electron chi connectivity index (χ0n) is 8.49. The summed E-state index contributed by atoms with van der Waals surface area (Å²) in [4.78, 5) is 0. The van der Waals surface area contributed by atoms with Gasteiger partial charge in [0.05, 0.1) is 29.3 Å². The van der Waals surface area contributed by atoms with Crippen LogP contribution in [-0.4, -0.2) is 41.8 Å². The summed E-state index contributed by atoms with van der Waals surface area (Å²) < 4.78 is 49.0. The lowest BCUT2D eigenvalue weighted by molar-refractivity contribution is 0.0846. The molecular weight excluding hydrogens is 247 g/mol. The van der Waals surface area contributed by atoms with Gasteiger partial charge in [-0.15, -0.1) is 0 Å². The fraction of sp³-hybridized carbons (Fsp3) is 1.00. The van der Waals surface area contributed by atoms with Gasteiger partial charge in [0.25, 0.3) is 0 Å². The van der Waals surface area contributed by atoms with Crippen molar-refractivity contribution in [2.45, 2.75) is 12.5 Å². The van der Waals surface area contributed by atoms with Gasteiger partial charge in [-0.25, -0.2) is 4.57 Å². The molecule has 0 bridgehead atoms. The second-order valence-corrected chi connectivity index (χ2v) is 6.54. The summed E-state index contributed by atoms with van der Waals surface area (Å²) in [5, 5.41) is 0. The largest absolute Gasteiger partial charge is 0.474 e. The highest BCUT2D eigenvalue weighted by atomic mass is 32.3. The summed E-state index contributed by atoms with van der Waals surface area (Å²) in [6.45, 7) is 0.139. The van der Waals surface area contributed by atoms with Crippen LogP contribution in [0.25, 0.3) is 0 Å². The standard InChI is InChI=1S/C6H15O7PS/c1-10-14(7,11-2)13-6-3-4-12-15(8,9)5-6/h6,8-9H,3-5H2,1-2H3. The van der Waals surface area contributed by atoms with E-state index in [1.807, 2.05) is 0 Å². The molecule has 15 heavy (non-hydrogen) atoms. The molecule has 7 nitrogen and oxygen atoms in total. The normalized spacial score (nSPS) is 28.7. The van der Waals surface area contributed by atoms with E-state index in [0.717, 1.165) is 0 Å². The average Bonchev–Trinajstić information content (AvgIpc) is 2.16. The smallest absolute Gasteiger partial charge is 0.308 e. The molecule has 1 saturated heterocycles. The first kappa shape index (κ1) is 13.4. The fourth-order valence-corrected chi connectivity index (χ4v) is 3.26. The van der Waals surface area contributed by atoms with Crippen molar-refractivity contribution in [2.75, 3.05) is 26.6 Å². The van der Waals surface area contributed by atoms with Crippen molar-refractivity contribution in [3.8, 4) is 0 Å². The Labute approximate surface area is 89.8 Å². The van der Waals surface area contributed by atoms with Gasteiger partial charge in [-0.1, -0.05) is 0 Å². The third kappa shape index (κ3) is 4.01. The van der Waals surface area contributed by atoms with Crippen LogP contribution in [0.15, 0.2) is 0 Å². The molecule has 0 spiro atoms. The van der Waals surface area contributed by atoms with Crippen molar-refractivity contribution in [3.05, 3.63) is 0 Å². The average molecular weight is 262 g/mol. The SMILES string of the molecule is COP(=O)(OC)OC1CCOS(O)(O)C1. The minimum atomic E-state index is -3.57. The molecule has 9 heteroatoms. The number of rotatable bonds is 4. The molecule has 1 unspecified atom stereocenters. The van der Waals surface area contributed by atoms with E-state index >= 15 is 0 Å². The van der Waals surface area contributed by atoms with E-state index < -0.39 is 24.8 Å². The zero-order valence-corrected chi connectivity index (χ0v) is 10.2. The summed E-state index contributed by atoms with van der Waals surface area (Å²) in [7, 11) is -4.26. The van der Waals surface area contributed by atoms with Crippen LogP contribution in [0.2, 0.25) is 0 Å². The van der Waals surface area contributed by atoms with E-state index in [1.165, 1.54) is 14.2 Å². The highest BCUT2D eigenvalue weighted by Crippen LogP contribution is 2.53. The molecule has 0 radical (unpaired) electrons. The Hall–Kier alpha value is 0.340. The van der Waals surface area contributed by atoms with Crippen LogP contribution in [0.1, 0.15) is 6.42 Å². The summed E-state index contributed by atoms with van der Waals surface area (Å²) in [6, 6.07) is 0. The van der Waals surface area contributed by atoms with Crippen LogP contribution in [0.4, 0.5) is 0 Å². The Morgan fingerprint density at radius 3 is 2.47 bits per heavy atom. The number of hydrogen-bond acceptors (Lipinski definition) is 7. The van der Waals surface area contributed by atoms with Gasteiger partial charge in [0.15, 0.2) is 0 Å². The molecule has 1 rings (SSSR count). The Balaban J connectivity index is 2.55. The predicted octanol–water partition coefficient (Wildman–Crippen LogP) is 1.86. The quantitative estimate of drug-likeness (QED) is 0.746. The Morgan fingerprint density at radius 1 is 1.40 bits per heavy atom. The summed E-state index contributed by atoms with van der Waals surface area (Å²) in [6.07, 6.45) is -0.193. The summed E-state index contributed by atoms with van der Waals surface area (Å²) >= 11 is 0. The molecule has 1 heterocycles. The first-order chi connectivity index (χ1) is 6.91. The lowest BCUT2D eigenvalue weighted by Crippen LogP contribution is -2.29.